The van der Waals surface area contributed by atoms with E-state index < -0.39 is 0 Å². The molecule has 3 rings (SSSR count). The molecule has 25 heavy (non-hydrogen) atoms. The summed E-state index contributed by atoms with van der Waals surface area (Å²) >= 11 is 1.74. The van der Waals surface area contributed by atoms with Crippen LogP contribution in [-0.2, 0) is 11.2 Å². The van der Waals surface area contributed by atoms with Gasteiger partial charge in [-0.25, -0.2) is 4.98 Å². The zero-order valence-electron chi connectivity index (χ0n) is 15.5. The molecule has 0 N–H and O–H groups in total. The number of rotatable bonds is 3. The summed E-state index contributed by atoms with van der Waals surface area (Å²) in [6, 6.07) is 14.0. The fourth-order valence-electron chi connectivity index (χ4n) is 2.81. The van der Waals surface area contributed by atoms with E-state index in [4.69, 9.17) is 0 Å². The molecule has 0 saturated carbocycles. The molecule has 0 aliphatic rings. The molecule has 0 spiro atoms. The Balaban J connectivity index is 1.90. The van der Waals surface area contributed by atoms with Gasteiger partial charge in [0, 0.05) is 22.4 Å². The van der Waals surface area contributed by atoms with Crippen molar-refractivity contribution < 1.29 is 0 Å². The van der Waals surface area contributed by atoms with Crippen molar-refractivity contribution in [2.45, 2.75) is 50.7 Å². The Morgan fingerprint density at radius 1 is 1.08 bits per heavy atom. The van der Waals surface area contributed by atoms with Gasteiger partial charge in [0.05, 0.1) is 5.69 Å². The predicted octanol–water partition coefficient (Wildman–Crippen LogP) is 4.90. The third-order valence-electron chi connectivity index (χ3n) is 4.36. The number of aromatic nitrogens is 2. The summed E-state index contributed by atoms with van der Waals surface area (Å²) in [4.78, 5) is 18.3. The molecule has 2 heterocycles. The average molecular weight is 353 g/mol. The Bertz CT molecular complexity index is 983. The molecular formula is C21H24N2OS. The smallest absolute Gasteiger partial charge is 0.258 e. The highest BCUT2D eigenvalue weighted by molar-refractivity contribution is 7.98. The van der Waals surface area contributed by atoms with Gasteiger partial charge in [0.1, 0.15) is 5.65 Å². The van der Waals surface area contributed by atoms with Gasteiger partial charge < -0.3 is 0 Å². The number of pyridine rings is 1. The maximum Gasteiger partial charge on any atom is 0.258 e. The molecule has 3 aromatic rings. The minimum atomic E-state index is -0.0149. The second-order valence-electron chi connectivity index (χ2n) is 7.47. The number of aryl methyl sites for hydroxylation is 2. The molecule has 0 bridgehead atoms. The van der Waals surface area contributed by atoms with E-state index in [9.17, 15) is 4.79 Å². The second kappa shape index (κ2) is 6.68. The van der Waals surface area contributed by atoms with Crippen LogP contribution in [0, 0.1) is 13.8 Å². The summed E-state index contributed by atoms with van der Waals surface area (Å²) in [5.41, 5.74) is 5.13. The van der Waals surface area contributed by atoms with Gasteiger partial charge in [-0.3, -0.25) is 9.20 Å². The lowest BCUT2D eigenvalue weighted by Gasteiger charge is -2.20. The molecule has 130 valence electrons. The molecule has 3 nitrogen and oxygen atoms in total. The molecule has 0 saturated heterocycles. The zero-order chi connectivity index (χ0) is 18.2. The van der Waals surface area contributed by atoms with E-state index in [-0.39, 0.29) is 11.0 Å². The van der Waals surface area contributed by atoms with Crippen LogP contribution in [0.3, 0.4) is 0 Å². The van der Waals surface area contributed by atoms with Crippen LogP contribution in [0.1, 0.15) is 43.3 Å². The third kappa shape index (κ3) is 3.79. The first-order valence-electron chi connectivity index (χ1n) is 8.48. The first-order valence-corrected chi connectivity index (χ1v) is 9.46. The quantitative estimate of drug-likeness (QED) is 0.629. The fraction of sp³-hybridized carbons (Fsp3) is 0.333. The maximum absolute atomic E-state index is 12.4. The third-order valence-corrected chi connectivity index (χ3v) is 5.55. The van der Waals surface area contributed by atoms with Crippen LogP contribution < -0.4 is 5.56 Å². The van der Waals surface area contributed by atoms with E-state index in [1.807, 2.05) is 25.1 Å². The summed E-state index contributed by atoms with van der Waals surface area (Å²) in [5.74, 6) is 0.689. The molecule has 2 aromatic heterocycles. The Morgan fingerprint density at radius 2 is 1.84 bits per heavy atom. The Labute approximate surface area is 153 Å². The Hall–Kier alpha value is -2.07. The maximum atomic E-state index is 12.4. The zero-order valence-corrected chi connectivity index (χ0v) is 16.3. The summed E-state index contributed by atoms with van der Waals surface area (Å²) in [5, 5.41) is 0. The summed E-state index contributed by atoms with van der Waals surface area (Å²) < 4.78 is 1.65. The largest absolute Gasteiger partial charge is 0.269 e. The topological polar surface area (TPSA) is 34.4 Å². The number of hydrogen-bond donors (Lipinski definition) is 0. The van der Waals surface area contributed by atoms with Crippen molar-refractivity contribution in [2.24, 2.45) is 0 Å². The lowest BCUT2D eigenvalue weighted by Crippen LogP contribution is -2.17. The van der Waals surface area contributed by atoms with Crippen LogP contribution in [0.2, 0.25) is 0 Å². The summed E-state index contributed by atoms with van der Waals surface area (Å²) in [6.45, 7) is 10.7. The van der Waals surface area contributed by atoms with Crippen LogP contribution in [-0.4, -0.2) is 9.38 Å². The lowest BCUT2D eigenvalue weighted by molar-refractivity contribution is 0.588. The number of thioether (sulfide) groups is 1. The van der Waals surface area contributed by atoms with E-state index in [0.29, 0.717) is 11.4 Å². The fourth-order valence-corrected chi connectivity index (χ4v) is 3.77. The first-order chi connectivity index (χ1) is 11.8. The SMILES string of the molecule is Cc1ccc(C(C)(C)C)cc1SCc1cc(=O)n2c(C)cccc2n1. The van der Waals surface area contributed by atoms with Gasteiger partial charge in [0.2, 0.25) is 0 Å². The van der Waals surface area contributed by atoms with Crippen LogP contribution in [0.25, 0.3) is 5.65 Å². The van der Waals surface area contributed by atoms with E-state index in [1.54, 1.807) is 22.2 Å². The summed E-state index contributed by atoms with van der Waals surface area (Å²) in [7, 11) is 0. The molecule has 0 aliphatic carbocycles. The van der Waals surface area contributed by atoms with E-state index >= 15 is 0 Å². The van der Waals surface area contributed by atoms with Gasteiger partial charge >= 0.3 is 0 Å². The van der Waals surface area contributed by atoms with Gasteiger partial charge in [-0.05, 0) is 48.6 Å². The summed E-state index contributed by atoms with van der Waals surface area (Å²) in [6.07, 6.45) is 0. The average Bonchev–Trinajstić information content (AvgIpc) is 2.52. The van der Waals surface area contributed by atoms with Crippen molar-refractivity contribution in [3.8, 4) is 0 Å². The molecular weight excluding hydrogens is 328 g/mol. The number of benzene rings is 1. The minimum absolute atomic E-state index is 0.0149. The van der Waals surface area contributed by atoms with Crippen molar-refractivity contribution >= 4 is 17.4 Å². The second-order valence-corrected chi connectivity index (χ2v) is 8.48. The van der Waals surface area contributed by atoms with Crippen molar-refractivity contribution in [2.75, 3.05) is 0 Å². The molecule has 0 fully saturated rings. The Morgan fingerprint density at radius 3 is 2.56 bits per heavy atom. The monoisotopic (exact) mass is 352 g/mol. The lowest BCUT2D eigenvalue weighted by atomic mass is 9.87. The molecule has 4 heteroatoms. The van der Waals surface area contributed by atoms with Crippen LogP contribution >= 0.6 is 11.8 Å². The standard InChI is InChI=1S/C21H24N2OS/c1-14-9-10-16(21(3,4)5)11-18(14)25-13-17-12-20(24)23-15(2)7-6-8-19(23)22-17/h6-12H,13H2,1-5H3. The molecule has 0 atom stereocenters. The highest BCUT2D eigenvalue weighted by Gasteiger charge is 2.15. The van der Waals surface area contributed by atoms with Crippen LogP contribution in [0.4, 0.5) is 0 Å². The van der Waals surface area contributed by atoms with Crippen molar-refractivity contribution in [3.63, 3.8) is 0 Å². The van der Waals surface area contributed by atoms with Crippen molar-refractivity contribution in [3.05, 3.63) is 75.3 Å². The predicted molar refractivity (Wildman–Crippen MR) is 106 cm³/mol. The first kappa shape index (κ1) is 17.7. The van der Waals surface area contributed by atoms with Gasteiger partial charge in [-0.1, -0.05) is 39.0 Å². The van der Waals surface area contributed by atoms with Gasteiger partial charge in [0.25, 0.3) is 5.56 Å². The molecule has 0 radical (unpaired) electrons. The number of nitrogens with zero attached hydrogens (tertiary/aromatic N) is 2. The minimum Gasteiger partial charge on any atom is -0.269 e. The highest BCUT2D eigenvalue weighted by Crippen LogP contribution is 2.31. The highest BCUT2D eigenvalue weighted by atomic mass is 32.2. The van der Waals surface area contributed by atoms with Crippen LogP contribution in [0.15, 0.2) is 52.2 Å². The normalized spacial score (nSPS) is 11.9. The van der Waals surface area contributed by atoms with E-state index in [0.717, 1.165) is 11.4 Å². The molecule has 0 aliphatic heterocycles. The van der Waals surface area contributed by atoms with Crippen molar-refractivity contribution in [1.82, 2.24) is 9.38 Å². The van der Waals surface area contributed by atoms with Gasteiger partial charge in [-0.15, -0.1) is 11.8 Å². The number of fused-ring (bicyclic) bond motifs is 1. The van der Waals surface area contributed by atoms with Crippen molar-refractivity contribution in [1.29, 1.82) is 0 Å². The van der Waals surface area contributed by atoms with Gasteiger partial charge in [-0.2, -0.15) is 0 Å². The van der Waals surface area contributed by atoms with Gasteiger partial charge in [0.15, 0.2) is 0 Å². The van der Waals surface area contributed by atoms with Crippen LogP contribution in [0.5, 0.6) is 0 Å². The number of hydrogen-bond acceptors (Lipinski definition) is 3. The molecule has 0 unspecified atom stereocenters. The molecule has 1 aromatic carbocycles. The van der Waals surface area contributed by atoms with E-state index in [1.165, 1.54) is 16.0 Å². The van der Waals surface area contributed by atoms with E-state index in [2.05, 4.69) is 50.9 Å². The molecule has 0 amide bonds. The Kier molecular flexibility index (Phi) is 4.74.